The van der Waals surface area contributed by atoms with Gasteiger partial charge in [0.15, 0.2) is 0 Å². The van der Waals surface area contributed by atoms with E-state index in [1.165, 1.54) is 0 Å². The molecule has 0 unspecified atom stereocenters. The van der Waals surface area contributed by atoms with Gasteiger partial charge in [-0.15, -0.1) is 0 Å². The molecule has 0 radical (unpaired) electrons. The van der Waals surface area contributed by atoms with E-state index in [4.69, 9.17) is 9.31 Å². The fraction of sp³-hybridized carbons (Fsp3) is 0.562. The third-order valence-corrected chi connectivity index (χ3v) is 4.80. The van der Waals surface area contributed by atoms with Gasteiger partial charge in [-0.2, -0.15) is 0 Å². The lowest BCUT2D eigenvalue weighted by Crippen LogP contribution is -2.41. The van der Waals surface area contributed by atoms with Crippen LogP contribution in [-0.4, -0.2) is 23.3 Å². The first kappa shape index (κ1) is 14.7. The van der Waals surface area contributed by atoms with E-state index in [2.05, 4.69) is 4.98 Å². The Kier molecular flexibility index (Phi) is 3.45. The average Bonchev–Trinajstić information content (AvgIpc) is 2.66. The van der Waals surface area contributed by atoms with E-state index in [9.17, 15) is 4.39 Å². The first-order chi connectivity index (χ1) is 9.82. The molecular weight excluding hydrogens is 268 g/mol. The van der Waals surface area contributed by atoms with Crippen LogP contribution in [0.4, 0.5) is 4.39 Å². The lowest BCUT2D eigenvalue weighted by atomic mass is 9.79. The molecule has 0 N–H and O–H groups in total. The molecule has 1 fully saturated rings. The van der Waals surface area contributed by atoms with Crippen LogP contribution in [0, 0.1) is 0 Å². The predicted molar refractivity (Wildman–Crippen MR) is 81.3 cm³/mol. The monoisotopic (exact) mass is 289 g/mol. The minimum Gasteiger partial charge on any atom is -0.398 e. The molecule has 1 aliphatic heterocycles. The van der Waals surface area contributed by atoms with Gasteiger partial charge in [-0.1, -0.05) is 6.07 Å². The molecule has 3 rings (SSSR count). The fourth-order valence-corrected chi connectivity index (χ4v) is 2.82. The minimum absolute atomic E-state index is 0.303. The Morgan fingerprint density at radius 2 is 1.86 bits per heavy atom. The van der Waals surface area contributed by atoms with E-state index in [1.54, 1.807) is 6.20 Å². The molecule has 0 amide bonds. The van der Waals surface area contributed by atoms with Gasteiger partial charge in [-0.3, -0.25) is 4.98 Å². The summed E-state index contributed by atoms with van der Waals surface area (Å²) in [5, 5.41) is 0. The molecule has 0 saturated carbocycles. The Morgan fingerprint density at radius 3 is 2.52 bits per heavy atom. The molecule has 1 saturated heterocycles. The second-order valence-electron chi connectivity index (χ2n) is 6.77. The standard InChI is InChI=1S/C16H21BFNO2/c1-15(2)16(3,4)21-17(20-15)14(18)12-7-5-9-13-11(12)8-6-10-19-13/h6,8,10H,5,7,9H2,1-4H3. The lowest BCUT2D eigenvalue weighted by molar-refractivity contribution is 0.00578. The van der Waals surface area contributed by atoms with Gasteiger partial charge >= 0.3 is 7.12 Å². The van der Waals surface area contributed by atoms with Gasteiger partial charge in [0.05, 0.1) is 11.2 Å². The molecule has 0 atom stereocenters. The van der Waals surface area contributed by atoms with Crippen LogP contribution >= 0.6 is 0 Å². The maximum atomic E-state index is 15.0. The summed E-state index contributed by atoms with van der Waals surface area (Å²) in [5.41, 5.74) is 1.19. The number of pyridine rings is 1. The Hall–Kier alpha value is -1.20. The van der Waals surface area contributed by atoms with Crippen LogP contribution in [0.25, 0.3) is 5.57 Å². The third kappa shape index (κ3) is 2.42. The second kappa shape index (κ2) is 4.92. The molecule has 5 heteroatoms. The van der Waals surface area contributed by atoms with Crippen LogP contribution in [0.5, 0.6) is 0 Å². The van der Waals surface area contributed by atoms with E-state index in [-0.39, 0.29) is 5.73 Å². The first-order valence-electron chi connectivity index (χ1n) is 7.50. The predicted octanol–water partition coefficient (Wildman–Crippen LogP) is 3.73. The largest absolute Gasteiger partial charge is 0.525 e. The van der Waals surface area contributed by atoms with E-state index < -0.39 is 18.3 Å². The molecule has 2 heterocycles. The highest BCUT2D eigenvalue weighted by Crippen LogP contribution is 2.41. The Morgan fingerprint density at radius 1 is 1.19 bits per heavy atom. The number of halogens is 1. The van der Waals surface area contributed by atoms with Crippen molar-refractivity contribution in [2.75, 3.05) is 0 Å². The van der Waals surface area contributed by atoms with Crippen LogP contribution in [0.15, 0.2) is 24.1 Å². The lowest BCUT2D eigenvalue weighted by Gasteiger charge is -2.32. The van der Waals surface area contributed by atoms with Crippen molar-refractivity contribution >= 4 is 12.7 Å². The molecular formula is C16H21BFNO2. The van der Waals surface area contributed by atoms with Crippen LogP contribution in [-0.2, 0) is 15.7 Å². The Labute approximate surface area is 125 Å². The number of nitrogens with zero attached hydrogens (tertiary/aromatic N) is 1. The van der Waals surface area contributed by atoms with Crippen molar-refractivity contribution in [3.05, 3.63) is 35.3 Å². The summed E-state index contributed by atoms with van der Waals surface area (Å²) in [5.74, 6) is 0. The van der Waals surface area contributed by atoms with Crippen molar-refractivity contribution in [1.29, 1.82) is 0 Å². The van der Waals surface area contributed by atoms with Crippen molar-refractivity contribution in [2.45, 2.75) is 58.2 Å². The van der Waals surface area contributed by atoms with Crippen molar-refractivity contribution in [3.8, 4) is 0 Å². The Balaban J connectivity index is 1.98. The average molecular weight is 289 g/mol. The van der Waals surface area contributed by atoms with Crippen molar-refractivity contribution in [3.63, 3.8) is 0 Å². The fourth-order valence-electron chi connectivity index (χ4n) is 2.82. The molecule has 1 aliphatic carbocycles. The number of rotatable bonds is 1. The van der Waals surface area contributed by atoms with Crippen molar-refractivity contribution in [2.24, 2.45) is 0 Å². The maximum Gasteiger partial charge on any atom is 0.525 e. The molecule has 1 aromatic rings. The summed E-state index contributed by atoms with van der Waals surface area (Å²) < 4.78 is 26.6. The zero-order chi connectivity index (χ0) is 15.3. The quantitative estimate of drug-likeness (QED) is 0.738. The van der Waals surface area contributed by atoms with Gasteiger partial charge < -0.3 is 9.31 Å². The van der Waals surface area contributed by atoms with E-state index >= 15 is 0 Å². The van der Waals surface area contributed by atoms with Crippen molar-refractivity contribution in [1.82, 2.24) is 4.98 Å². The van der Waals surface area contributed by atoms with E-state index in [0.29, 0.717) is 12.0 Å². The van der Waals surface area contributed by atoms with Gasteiger partial charge in [0.25, 0.3) is 0 Å². The number of hydrogen-bond acceptors (Lipinski definition) is 3. The number of fused-ring (bicyclic) bond motifs is 1. The SMILES string of the molecule is CC1(C)OB(C(F)=C2CCCc3ncccc32)OC1(C)C. The molecule has 0 bridgehead atoms. The topological polar surface area (TPSA) is 31.4 Å². The highest BCUT2D eigenvalue weighted by atomic mass is 19.1. The van der Waals surface area contributed by atoms with Crippen LogP contribution in [0.2, 0.25) is 0 Å². The molecule has 112 valence electrons. The van der Waals surface area contributed by atoms with Gasteiger partial charge in [-0.05, 0) is 58.6 Å². The Bertz CT molecular complexity index is 582. The van der Waals surface area contributed by atoms with E-state index in [1.807, 2.05) is 39.8 Å². The molecule has 0 aromatic carbocycles. The van der Waals surface area contributed by atoms with E-state index in [0.717, 1.165) is 24.1 Å². The first-order valence-corrected chi connectivity index (χ1v) is 7.50. The zero-order valence-electron chi connectivity index (χ0n) is 13.1. The number of hydrogen-bond donors (Lipinski definition) is 0. The molecule has 3 nitrogen and oxygen atoms in total. The second-order valence-corrected chi connectivity index (χ2v) is 6.77. The number of aryl methyl sites for hydroxylation is 1. The normalized spacial score (nSPS) is 25.7. The molecule has 0 spiro atoms. The summed E-state index contributed by atoms with van der Waals surface area (Å²) in [7, 11) is -0.920. The summed E-state index contributed by atoms with van der Waals surface area (Å²) in [6.45, 7) is 7.73. The highest BCUT2D eigenvalue weighted by Gasteiger charge is 2.53. The molecule has 21 heavy (non-hydrogen) atoms. The van der Waals surface area contributed by atoms with Crippen LogP contribution < -0.4 is 0 Å². The van der Waals surface area contributed by atoms with Gasteiger partial charge in [0, 0.05) is 17.5 Å². The van der Waals surface area contributed by atoms with Crippen LogP contribution in [0.3, 0.4) is 0 Å². The van der Waals surface area contributed by atoms with Gasteiger partial charge in [0.2, 0.25) is 0 Å². The maximum absolute atomic E-state index is 15.0. The summed E-state index contributed by atoms with van der Waals surface area (Å²) in [6, 6.07) is 3.78. The minimum atomic E-state index is -0.920. The summed E-state index contributed by atoms with van der Waals surface area (Å²) in [6.07, 6.45) is 4.27. The highest BCUT2D eigenvalue weighted by molar-refractivity contribution is 6.55. The molecule has 2 aliphatic rings. The third-order valence-electron chi connectivity index (χ3n) is 4.80. The summed E-state index contributed by atoms with van der Waals surface area (Å²) >= 11 is 0. The van der Waals surface area contributed by atoms with Crippen molar-refractivity contribution < 1.29 is 13.7 Å². The smallest absolute Gasteiger partial charge is 0.398 e. The summed E-state index contributed by atoms with van der Waals surface area (Å²) in [4.78, 5) is 4.35. The zero-order valence-corrected chi connectivity index (χ0v) is 13.1. The number of aromatic nitrogens is 1. The van der Waals surface area contributed by atoms with Gasteiger partial charge in [0.1, 0.15) is 5.73 Å². The molecule has 1 aromatic heterocycles. The van der Waals surface area contributed by atoms with Gasteiger partial charge in [-0.25, -0.2) is 4.39 Å². The van der Waals surface area contributed by atoms with Crippen LogP contribution in [0.1, 0.15) is 51.8 Å². The number of allylic oxidation sites excluding steroid dienone is 1.